The van der Waals surface area contributed by atoms with Crippen molar-refractivity contribution in [2.45, 2.75) is 90.6 Å². The van der Waals surface area contributed by atoms with Crippen molar-refractivity contribution in [2.75, 3.05) is 27.3 Å². The average molecular weight is 822 g/mol. The van der Waals surface area contributed by atoms with Crippen molar-refractivity contribution in [3.63, 3.8) is 0 Å². The van der Waals surface area contributed by atoms with Crippen LogP contribution in [-0.2, 0) is 35.6 Å². The third-order valence-corrected chi connectivity index (χ3v) is 10.2. The van der Waals surface area contributed by atoms with Crippen LogP contribution in [0.1, 0.15) is 76.7 Å². The Bertz CT molecular complexity index is 2110. The van der Waals surface area contributed by atoms with Crippen LogP contribution in [0.3, 0.4) is 0 Å². The molecule has 3 amide bonds. The molecule has 2 aromatic heterocycles. The lowest BCUT2D eigenvalue weighted by atomic mass is 9.85. The molecule has 6 N–H and O–H groups in total. The number of unbranched alkanes of at least 4 members (excludes halogenated alkanes) is 3. The number of amides is 3. The number of aliphatic hydroxyl groups is 1. The third-order valence-electron chi connectivity index (χ3n) is 10.2. The molecule has 1 aliphatic carbocycles. The van der Waals surface area contributed by atoms with Crippen LogP contribution in [-0.4, -0.2) is 111 Å². The van der Waals surface area contributed by atoms with E-state index in [1.807, 2.05) is 6.92 Å². The average Bonchev–Trinajstić information content (AvgIpc) is 3.64. The SMILES string of the molecule is CO[C@H]1/C=C\C=C(\C)C(=O)NC2=CC(=O)C(NCCCCCCNC(=O)c3ncn4c(=O)n(C)nnc34)=C(C[C@@H](C)C[C@H](OC)[C@@H](O)[C@@H](C)/C=C(/C)[C@@H]1OC(N)=O)C2=O. The Morgan fingerprint density at radius 3 is 2.44 bits per heavy atom. The summed E-state index contributed by atoms with van der Waals surface area (Å²) in [7, 11) is 4.34. The summed E-state index contributed by atoms with van der Waals surface area (Å²) in [6.45, 7) is 7.67. The van der Waals surface area contributed by atoms with Gasteiger partial charge in [0.05, 0.1) is 23.6 Å². The Hall–Kier alpha value is -5.79. The summed E-state index contributed by atoms with van der Waals surface area (Å²) in [5.41, 5.74) is 5.95. The molecule has 19 nitrogen and oxygen atoms in total. The Morgan fingerprint density at radius 1 is 1.05 bits per heavy atom. The van der Waals surface area contributed by atoms with Gasteiger partial charge in [0.15, 0.2) is 17.4 Å². The number of aromatic nitrogens is 5. The molecule has 0 aromatic carbocycles. The molecule has 1 aliphatic heterocycles. The number of hydrogen-bond donors (Lipinski definition) is 5. The summed E-state index contributed by atoms with van der Waals surface area (Å²) in [5.74, 6) is -2.80. The Morgan fingerprint density at radius 2 is 1.76 bits per heavy atom. The molecule has 2 bridgehead atoms. The molecule has 0 radical (unpaired) electrons. The number of carbonyl (C=O) groups is 5. The van der Waals surface area contributed by atoms with Crippen LogP contribution in [0.15, 0.2) is 69.6 Å². The number of allylic oxidation sites excluding steroid dienone is 4. The Balaban J connectivity index is 1.46. The zero-order valence-corrected chi connectivity index (χ0v) is 34.5. The number of nitrogens with one attached hydrogen (secondary N) is 3. The first-order chi connectivity index (χ1) is 28.1. The highest BCUT2D eigenvalue weighted by atomic mass is 16.6. The van der Waals surface area contributed by atoms with Crippen LogP contribution < -0.4 is 27.4 Å². The molecule has 0 unspecified atom stereocenters. The van der Waals surface area contributed by atoms with E-state index in [0.717, 1.165) is 28.0 Å². The van der Waals surface area contributed by atoms with Crippen molar-refractivity contribution >= 4 is 35.1 Å². The van der Waals surface area contributed by atoms with Crippen LogP contribution in [0, 0.1) is 11.8 Å². The second-order valence-corrected chi connectivity index (χ2v) is 14.8. The number of hydrogen-bond acceptors (Lipinski definition) is 14. The summed E-state index contributed by atoms with van der Waals surface area (Å²) in [6.07, 6.45) is 7.48. The molecule has 59 heavy (non-hydrogen) atoms. The maximum atomic E-state index is 14.0. The largest absolute Gasteiger partial charge is 0.439 e. The predicted octanol–water partition coefficient (Wildman–Crippen LogP) is 1.48. The van der Waals surface area contributed by atoms with Gasteiger partial charge < -0.3 is 41.0 Å². The first-order valence-electron chi connectivity index (χ1n) is 19.4. The van der Waals surface area contributed by atoms with Crippen molar-refractivity contribution in [1.29, 1.82) is 0 Å². The monoisotopic (exact) mass is 821 g/mol. The lowest BCUT2D eigenvalue weighted by Crippen LogP contribution is -2.38. The fraction of sp³-hybridized carbons (Fsp3) is 0.525. The van der Waals surface area contributed by atoms with E-state index in [4.69, 9.17) is 19.9 Å². The number of rotatable bonds is 12. The van der Waals surface area contributed by atoms with Crippen molar-refractivity contribution in [3.05, 3.63) is 81.0 Å². The van der Waals surface area contributed by atoms with Crippen molar-refractivity contribution in [2.24, 2.45) is 24.6 Å². The number of aliphatic hydroxyl groups excluding tert-OH is 1. The fourth-order valence-electron chi connectivity index (χ4n) is 6.92. The fourth-order valence-corrected chi connectivity index (χ4v) is 6.92. The maximum Gasteiger partial charge on any atom is 0.405 e. The molecule has 2 aliphatic rings. The summed E-state index contributed by atoms with van der Waals surface area (Å²) in [4.78, 5) is 81.6. The first kappa shape index (κ1) is 45.9. The van der Waals surface area contributed by atoms with Crippen LogP contribution in [0.5, 0.6) is 0 Å². The smallest absolute Gasteiger partial charge is 0.405 e. The molecule has 3 heterocycles. The van der Waals surface area contributed by atoms with Gasteiger partial charge in [-0.1, -0.05) is 56.2 Å². The van der Waals surface area contributed by atoms with Gasteiger partial charge in [-0.15, -0.1) is 5.10 Å². The van der Waals surface area contributed by atoms with Gasteiger partial charge in [-0.3, -0.25) is 19.2 Å². The third kappa shape index (κ3) is 11.9. The van der Waals surface area contributed by atoms with Crippen LogP contribution >= 0.6 is 0 Å². The van der Waals surface area contributed by atoms with Gasteiger partial charge >= 0.3 is 11.8 Å². The number of nitrogens with zero attached hydrogens (tertiary/aromatic N) is 5. The number of nitrogens with two attached hydrogens (primary N) is 1. The summed E-state index contributed by atoms with van der Waals surface area (Å²) in [5, 5.41) is 27.6. The number of aryl methyl sites for hydroxylation is 1. The molecule has 0 saturated carbocycles. The molecule has 19 heteroatoms. The summed E-state index contributed by atoms with van der Waals surface area (Å²) in [6, 6.07) is 0. The Labute approximate surface area is 341 Å². The van der Waals surface area contributed by atoms with Gasteiger partial charge in [-0.25, -0.2) is 19.0 Å². The molecule has 0 spiro atoms. The molecule has 2 aromatic rings. The number of ether oxygens (including phenoxy) is 3. The van der Waals surface area contributed by atoms with Gasteiger partial charge in [-0.05, 0) is 51.0 Å². The number of ketones is 2. The van der Waals surface area contributed by atoms with E-state index < -0.39 is 65.5 Å². The van der Waals surface area contributed by atoms with Gasteiger partial charge in [0, 0.05) is 57.5 Å². The summed E-state index contributed by atoms with van der Waals surface area (Å²) < 4.78 is 18.9. The number of primary amides is 1. The minimum Gasteiger partial charge on any atom is -0.439 e. The standard InChI is InChI=1S/C40H55N9O10/c1-22-17-26-31(42-15-10-8-9-11-16-43-38(54)32-36-46-47-48(5)40(56)49(36)21-44-32)28(50)20-27(34(26)52)45-37(53)23(2)13-12-14-29(57-6)35(59-39(41)55)25(4)19-24(3)33(51)30(18-22)58-7/h12-14,19-22,24,29-30,33,35,42,51H,8-11,15-18H2,1-7H3,(H2,41,55)(H,43,54)(H,45,53)/b14-12-,23-13-,25-19-/t22-,24+,29+,30+,33+,35+/m1/s1. The molecule has 4 rings (SSSR count). The normalized spacial score (nSPS) is 26.0. The van der Waals surface area contributed by atoms with E-state index in [1.165, 1.54) is 46.7 Å². The number of fused-ring (bicyclic) bond motifs is 3. The highest BCUT2D eigenvalue weighted by Gasteiger charge is 2.33. The zero-order valence-electron chi connectivity index (χ0n) is 34.5. The van der Waals surface area contributed by atoms with Gasteiger partial charge in [-0.2, -0.15) is 4.68 Å². The second-order valence-electron chi connectivity index (χ2n) is 14.8. The molecule has 320 valence electrons. The van der Waals surface area contributed by atoms with E-state index in [9.17, 15) is 33.9 Å². The topological polar surface area (TPSA) is 260 Å². The van der Waals surface area contributed by atoms with Crippen molar-refractivity contribution in [1.82, 2.24) is 40.3 Å². The highest BCUT2D eigenvalue weighted by molar-refractivity contribution is 6.23. The minimum atomic E-state index is -1.02. The second kappa shape index (κ2) is 21.3. The zero-order chi connectivity index (χ0) is 43.4. The van der Waals surface area contributed by atoms with Crippen LogP contribution in [0.25, 0.3) is 5.65 Å². The number of methoxy groups -OCH3 is 2. The maximum absolute atomic E-state index is 14.0. The van der Waals surface area contributed by atoms with E-state index >= 15 is 0 Å². The summed E-state index contributed by atoms with van der Waals surface area (Å²) >= 11 is 0. The van der Waals surface area contributed by atoms with Gasteiger partial charge in [0.2, 0.25) is 11.6 Å². The number of Topliss-reactive ketones (excluding diaryl/α,β-unsaturated/α-hetero) is 1. The molecule has 0 saturated heterocycles. The van der Waals surface area contributed by atoms with E-state index in [-0.39, 0.29) is 46.2 Å². The van der Waals surface area contributed by atoms with Gasteiger partial charge in [0.1, 0.15) is 12.4 Å². The van der Waals surface area contributed by atoms with E-state index in [0.29, 0.717) is 37.9 Å². The quantitative estimate of drug-likeness (QED) is 0.115. The molecule has 6 atom stereocenters. The minimum absolute atomic E-state index is 0.00347. The lowest BCUT2D eigenvalue weighted by molar-refractivity contribution is -0.120. The molecular formula is C40H55N9O10. The van der Waals surface area contributed by atoms with Crippen LogP contribution in [0.2, 0.25) is 0 Å². The molecule has 0 fully saturated rings. The van der Waals surface area contributed by atoms with Crippen LogP contribution in [0.4, 0.5) is 4.79 Å². The Kier molecular flexibility index (Phi) is 16.6. The van der Waals surface area contributed by atoms with Crippen molar-refractivity contribution < 1.29 is 43.3 Å². The number of imidazole rings is 1. The highest BCUT2D eigenvalue weighted by Crippen LogP contribution is 2.29. The number of carbonyl (C=O) groups excluding carboxylic acids is 5. The lowest BCUT2D eigenvalue weighted by Gasteiger charge is -2.30. The van der Waals surface area contributed by atoms with E-state index in [2.05, 4.69) is 31.2 Å². The van der Waals surface area contributed by atoms with E-state index in [1.54, 1.807) is 26.0 Å². The molecular weight excluding hydrogens is 766 g/mol. The first-order valence-corrected chi connectivity index (χ1v) is 19.4. The van der Waals surface area contributed by atoms with Gasteiger partial charge in [0.25, 0.3) is 11.8 Å². The van der Waals surface area contributed by atoms with Crippen molar-refractivity contribution in [3.8, 4) is 0 Å². The predicted molar refractivity (Wildman–Crippen MR) is 214 cm³/mol.